The predicted octanol–water partition coefficient (Wildman–Crippen LogP) is 2.90. The number of carbonyl (C=O) groups is 2. The molecular formula is C20H21NO4S. The number of hydrogen-bond acceptors (Lipinski definition) is 6. The van der Waals surface area contributed by atoms with Crippen molar-refractivity contribution in [3.63, 3.8) is 0 Å². The van der Waals surface area contributed by atoms with Gasteiger partial charge in [-0.1, -0.05) is 30.0 Å². The monoisotopic (exact) mass is 371 g/mol. The molecule has 3 rings (SSSR count). The van der Waals surface area contributed by atoms with E-state index in [1.54, 1.807) is 13.1 Å². The van der Waals surface area contributed by atoms with E-state index in [2.05, 4.69) is 4.98 Å². The summed E-state index contributed by atoms with van der Waals surface area (Å²) >= 11 is 1.14. The van der Waals surface area contributed by atoms with Crippen LogP contribution in [0.15, 0.2) is 42.6 Å². The lowest BCUT2D eigenvalue weighted by atomic mass is 10.1. The average Bonchev–Trinajstić information content (AvgIpc) is 2.94. The molecule has 1 aromatic heterocycles. The molecule has 1 aliphatic rings. The quantitative estimate of drug-likeness (QED) is 0.754. The Hall–Kier alpha value is -2.18. The lowest BCUT2D eigenvalue weighted by molar-refractivity contribution is -0.121. The number of rotatable bonds is 7. The largest absolute Gasteiger partial charge is 0.493 e. The van der Waals surface area contributed by atoms with Gasteiger partial charge in [-0.25, -0.2) is 0 Å². The fraction of sp³-hybridized carbons (Fsp3) is 0.350. The van der Waals surface area contributed by atoms with Crippen molar-refractivity contribution in [2.75, 3.05) is 6.61 Å². The lowest BCUT2D eigenvalue weighted by Crippen LogP contribution is -2.13. The Morgan fingerprint density at radius 1 is 1.23 bits per heavy atom. The molecule has 2 aromatic rings. The van der Waals surface area contributed by atoms with Crippen LogP contribution in [0.25, 0.3) is 0 Å². The van der Waals surface area contributed by atoms with Gasteiger partial charge in [-0.15, -0.1) is 0 Å². The summed E-state index contributed by atoms with van der Waals surface area (Å²) in [6.45, 7) is 2.22. The van der Waals surface area contributed by atoms with E-state index in [0.29, 0.717) is 19.4 Å². The van der Waals surface area contributed by atoms with Crippen molar-refractivity contribution in [2.45, 2.75) is 37.5 Å². The number of ether oxygens (including phenoxy) is 1. The Kier molecular flexibility index (Phi) is 6.06. The summed E-state index contributed by atoms with van der Waals surface area (Å²) in [4.78, 5) is 27.3. The van der Waals surface area contributed by atoms with Gasteiger partial charge in [-0.3, -0.25) is 14.6 Å². The van der Waals surface area contributed by atoms with Gasteiger partial charge < -0.3 is 9.84 Å². The zero-order valence-corrected chi connectivity index (χ0v) is 15.4. The van der Waals surface area contributed by atoms with Crippen molar-refractivity contribution < 1.29 is 19.4 Å². The lowest BCUT2D eigenvalue weighted by Gasteiger charge is -2.09. The van der Waals surface area contributed by atoms with Gasteiger partial charge in [-0.05, 0) is 42.7 Å². The minimum absolute atomic E-state index is 0.0226. The van der Waals surface area contributed by atoms with Crippen LogP contribution in [0.3, 0.4) is 0 Å². The van der Waals surface area contributed by atoms with Crippen molar-refractivity contribution in [3.8, 4) is 5.75 Å². The number of aliphatic hydroxyl groups excluding tert-OH is 1. The summed E-state index contributed by atoms with van der Waals surface area (Å²) in [5.41, 5.74) is 2.73. The number of pyridine rings is 1. The maximum absolute atomic E-state index is 11.7. The number of thioether (sulfide) groups is 1. The highest BCUT2D eigenvalue weighted by Crippen LogP contribution is 2.28. The molecule has 0 amide bonds. The number of aliphatic hydroxyl groups is 1. The molecule has 2 heterocycles. The van der Waals surface area contributed by atoms with Crippen molar-refractivity contribution in [1.82, 2.24) is 4.98 Å². The zero-order valence-electron chi connectivity index (χ0n) is 14.6. The molecule has 0 saturated carbocycles. The Morgan fingerprint density at radius 2 is 2.00 bits per heavy atom. The molecule has 1 N–H and O–H groups in total. The average molecular weight is 371 g/mol. The van der Waals surface area contributed by atoms with Crippen LogP contribution >= 0.6 is 11.8 Å². The highest BCUT2D eigenvalue weighted by Gasteiger charge is 2.31. The number of hydrogen-bond donors (Lipinski definition) is 1. The molecule has 0 aliphatic carbocycles. The number of carbonyl (C=O) groups excluding carboxylic acids is 2. The van der Waals surface area contributed by atoms with Crippen molar-refractivity contribution in [3.05, 3.63) is 59.4 Å². The first-order chi connectivity index (χ1) is 12.5. The summed E-state index contributed by atoms with van der Waals surface area (Å²) in [7, 11) is 0. The van der Waals surface area contributed by atoms with Gasteiger partial charge in [0, 0.05) is 18.3 Å². The molecule has 136 valence electrons. The Morgan fingerprint density at radius 3 is 2.58 bits per heavy atom. The van der Waals surface area contributed by atoms with Crippen LogP contribution in [0.4, 0.5) is 0 Å². The van der Waals surface area contributed by atoms with Gasteiger partial charge in [0.15, 0.2) is 10.9 Å². The second-order valence-electron chi connectivity index (χ2n) is 6.33. The SMILES string of the molecule is C[C@H](O)c1ccc(CCOc2ccc(C[C@H]3SC(=O)CC3=O)cc2)nc1. The molecule has 6 heteroatoms. The summed E-state index contributed by atoms with van der Waals surface area (Å²) in [5, 5.41) is 9.20. The van der Waals surface area contributed by atoms with Crippen LogP contribution in [0, 0.1) is 0 Å². The smallest absolute Gasteiger partial charge is 0.197 e. The molecule has 0 spiro atoms. The fourth-order valence-corrected chi connectivity index (χ4v) is 3.75. The van der Waals surface area contributed by atoms with Gasteiger partial charge >= 0.3 is 0 Å². The van der Waals surface area contributed by atoms with Crippen molar-refractivity contribution >= 4 is 22.7 Å². The molecule has 1 aromatic carbocycles. The standard InChI is InChI=1S/C20H21NO4S/c1-13(22)15-4-5-16(21-12-15)8-9-25-17-6-2-14(3-7-17)10-19-18(23)11-20(24)26-19/h2-7,12-13,19,22H,8-11H2,1H3/t13-,19+/m0/s1. The van der Waals surface area contributed by atoms with Crippen molar-refractivity contribution in [1.29, 1.82) is 0 Å². The molecule has 0 unspecified atom stereocenters. The number of nitrogens with zero attached hydrogens (tertiary/aromatic N) is 1. The molecule has 1 saturated heterocycles. The third kappa shape index (κ3) is 4.93. The topological polar surface area (TPSA) is 76.5 Å². The van der Waals surface area contributed by atoms with E-state index in [4.69, 9.17) is 4.74 Å². The van der Waals surface area contributed by atoms with Crippen LogP contribution < -0.4 is 4.74 Å². The highest BCUT2D eigenvalue weighted by atomic mass is 32.2. The first-order valence-electron chi connectivity index (χ1n) is 8.58. The van der Waals surface area contributed by atoms with E-state index in [9.17, 15) is 14.7 Å². The maximum Gasteiger partial charge on any atom is 0.197 e. The highest BCUT2D eigenvalue weighted by molar-refractivity contribution is 8.15. The predicted molar refractivity (Wildman–Crippen MR) is 100 cm³/mol. The normalized spacial score (nSPS) is 18.2. The van der Waals surface area contributed by atoms with E-state index < -0.39 is 6.10 Å². The first kappa shape index (κ1) is 18.6. The maximum atomic E-state index is 11.7. The second kappa shape index (κ2) is 8.47. The van der Waals surface area contributed by atoms with Gasteiger partial charge in [0.05, 0.1) is 24.4 Å². The number of benzene rings is 1. The van der Waals surface area contributed by atoms with Crippen molar-refractivity contribution in [2.24, 2.45) is 0 Å². The molecule has 2 atom stereocenters. The second-order valence-corrected chi connectivity index (χ2v) is 7.59. The number of aromatic nitrogens is 1. The Labute approximate surface area is 156 Å². The van der Waals surface area contributed by atoms with Crippen LogP contribution in [-0.2, 0) is 22.4 Å². The van der Waals surface area contributed by atoms with Gasteiger partial charge in [0.25, 0.3) is 0 Å². The minimum Gasteiger partial charge on any atom is -0.493 e. The van der Waals surface area contributed by atoms with Crippen LogP contribution in [-0.4, -0.2) is 32.8 Å². The van der Waals surface area contributed by atoms with Gasteiger partial charge in [0.2, 0.25) is 0 Å². The Balaban J connectivity index is 1.47. The first-order valence-corrected chi connectivity index (χ1v) is 9.46. The Bertz CT molecular complexity index is 771. The van der Waals surface area contributed by atoms with Crippen LogP contribution in [0.1, 0.15) is 36.3 Å². The van der Waals surface area contributed by atoms with Gasteiger partial charge in [-0.2, -0.15) is 0 Å². The third-order valence-corrected chi connectivity index (χ3v) is 5.37. The number of ketones is 1. The van der Waals surface area contributed by atoms with E-state index in [1.807, 2.05) is 36.4 Å². The van der Waals surface area contributed by atoms with Crippen LogP contribution in [0.5, 0.6) is 5.75 Å². The van der Waals surface area contributed by atoms with E-state index in [0.717, 1.165) is 34.3 Å². The molecular weight excluding hydrogens is 350 g/mol. The molecule has 5 nitrogen and oxygen atoms in total. The molecule has 26 heavy (non-hydrogen) atoms. The zero-order chi connectivity index (χ0) is 18.5. The molecule has 1 fully saturated rings. The summed E-state index contributed by atoms with van der Waals surface area (Å²) in [5.74, 6) is 0.783. The summed E-state index contributed by atoms with van der Waals surface area (Å²) in [6.07, 6.45) is 2.49. The summed E-state index contributed by atoms with van der Waals surface area (Å²) in [6, 6.07) is 11.4. The fourth-order valence-electron chi connectivity index (χ4n) is 2.72. The molecule has 0 bridgehead atoms. The van der Waals surface area contributed by atoms with E-state index in [-0.39, 0.29) is 22.6 Å². The number of Topliss-reactive ketones (excluding diaryl/α,β-unsaturated/α-hetero) is 1. The minimum atomic E-state index is -0.512. The van der Waals surface area contributed by atoms with Gasteiger partial charge in [0.1, 0.15) is 5.75 Å². The third-order valence-electron chi connectivity index (χ3n) is 4.25. The van der Waals surface area contributed by atoms with E-state index in [1.165, 1.54) is 0 Å². The summed E-state index contributed by atoms with van der Waals surface area (Å²) < 4.78 is 5.74. The molecule has 0 radical (unpaired) electrons. The van der Waals surface area contributed by atoms with Crippen LogP contribution in [0.2, 0.25) is 0 Å². The molecule has 1 aliphatic heterocycles. The van der Waals surface area contributed by atoms with E-state index >= 15 is 0 Å².